The molecule has 0 fully saturated rings. The van der Waals surface area contributed by atoms with Gasteiger partial charge in [-0.25, -0.2) is 0 Å². The molecule has 0 aromatic carbocycles. The highest BCUT2D eigenvalue weighted by molar-refractivity contribution is 6.32. The molecule has 0 heterocycles. The zero-order chi connectivity index (χ0) is 8.27. The molecule has 0 aliphatic heterocycles. The molecule has 0 aromatic heterocycles. The average molecular weight is 169 g/mol. The molecule has 0 saturated carbocycles. The zero-order valence-corrected chi connectivity index (χ0v) is 7.62. The minimum Gasteiger partial charge on any atom is -0.0990 e. The topological polar surface area (TPSA) is 0 Å². The van der Waals surface area contributed by atoms with E-state index in [1.165, 1.54) is 24.0 Å². The van der Waals surface area contributed by atoms with Gasteiger partial charge >= 0.3 is 0 Å². The van der Waals surface area contributed by atoms with Crippen LogP contribution in [0.15, 0.2) is 34.9 Å². The van der Waals surface area contributed by atoms with Crippen molar-refractivity contribution >= 4 is 11.6 Å². The standard InChI is InChI=1S/C10H13Cl/c1-3-5-10(11)9-7-4-6-8(9)2/h3,5H,1,4,6-7H2,2H3/b10-5+. The summed E-state index contributed by atoms with van der Waals surface area (Å²) in [5.41, 5.74) is 2.76. The summed E-state index contributed by atoms with van der Waals surface area (Å²) in [7, 11) is 0. The monoisotopic (exact) mass is 168 g/mol. The first-order valence-electron chi connectivity index (χ1n) is 3.93. The van der Waals surface area contributed by atoms with E-state index in [4.69, 9.17) is 11.6 Å². The van der Waals surface area contributed by atoms with Gasteiger partial charge in [0.15, 0.2) is 0 Å². The van der Waals surface area contributed by atoms with Gasteiger partial charge in [-0.15, -0.1) is 0 Å². The number of rotatable bonds is 2. The van der Waals surface area contributed by atoms with E-state index < -0.39 is 0 Å². The Labute approximate surface area is 73.3 Å². The van der Waals surface area contributed by atoms with Crippen molar-refractivity contribution in [3.05, 3.63) is 34.9 Å². The van der Waals surface area contributed by atoms with Crippen LogP contribution in [0.4, 0.5) is 0 Å². The Hall–Kier alpha value is -0.490. The first-order valence-corrected chi connectivity index (χ1v) is 4.30. The second kappa shape index (κ2) is 3.77. The molecule has 0 nitrogen and oxygen atoms in total. The number of halogens is 1. The van der Waals surface area contributed by atoms with E-state index in [0.717, 1.165) is 11.5 Å². The fourth-order valence-electron chi connectivity index (χ4n) is 1.42. The summed E-state index contributed by atoms with van der Waals surface area (Å²) in [6.45, 7) is 5.77. The van der Waals surface area contributed by atoms with E-state index in [0.29, 0.717) is 0 Å². The normalized spacial score (nSPS) is 19.3. The van der Waals surface area contributed by atoms with Crippen LogP contribution in [-0.4, -0.2) is 0 Å². The van der Waals surface area contributed by atoms with Crippen LogP contribution < -0.4 is 0 Å². The molecule has 1 aliphatic rings. The van der Waals surface area contributed by atoms with Crippen LogP contribution in [0.1, 0.15) is 26.2 Å². The van der Waals surface area contributed by atoms with Crippen molar-refractivity contribution < 1.29 is 0 Å². The summed E-state index contributed by atoms with van der Waals surface area (Å²) >= 11 is 6.01. The summed E-state index contributed by atoms with van der Waals surface area (Å²) in [5, 5.41) is 0.870. The second-order valence-corrected chi connectivity index (χ2v) is 3.27. The van der Waals surface area contributed by atoms with Crippen molar-refractivity contribution in [1.82, 2.24) is 0 Å². The van der Waals surface area contributed by atoms with Gasteiger partial charge in [-0.05, 0) is 37.8 Å². The van der Waals surface area contributed by atoms with Crippen molar-refractivity contribution in [2.75, 3.05) is 0 Å². The van der Waals surface area contributed by atoms with Crippen LogP contribution in [-0.2, 0) is 0 Å². The van der Waals surface area contributed by atoms with Crippen molar-refractivity contribution in [1.29, 1.82) is 0 Å². The Bertz CT molecular complexity index is 221. The van der Waals surface area contributed by atoms with Crippen LogP contribution in [0.3, 0.4) is 0 Å². The minimum atomic E-state index is 0.870. The van der Waals surface area contributed by atoms with Crippen LogP contribution in [0.25, 0.3) is 0 Å². The van der Waals surface area contributed by atoms with Gasteiger partial charge < -0.3 is 0 Å². The highest BCUT2D eigenvalue weighted by Gasteiger charge is 2.12. The maximum absolute atomic E-state index is 6.01. The third-order valence-electron chi connectivity index (χ3n) is 2.05. The molecule has 0 aromatic rings. The minimum absolute atomic E-state index is 0.870. The molecule has 0 unspecified atom stereocenters. The van der Waals surface area contributed by atoms with Gasteiger partial charge in [0.2, 0.25) is 0 Å². The maximum Gasteiger partial charge on any atom is 0.0437 e. The molecular weight excluding hydrogens is 156 g/mol. The predicted octanol–water partition coefficient (Wildman–Crippen LogP) is 3.80. The number of hydrogen-bond donors (Lipinski definition) is 0. The molecule has 0 saturated heterocycles. The fraction of sp³-hybridized carbons (Fsp3) is 0.400. The molecule has 11 heavy (non-hydrogen) atoms. The van der Waals surface area contributed by atoms with Gasteiger partial charge in [0.25, 0.3) is 0 Å². The lowest BCUT2D eigenvalue weighted by atomic mass is 10.1. The zero-order valence-electron chi connectivity index (χ0n) is 6.86. The van der Waals surface area contributed by atoms with E-state index in [1.54, 1.807) is 6.08 Å². The molecule has 0 atom stereocenters. The average Bonchev–Trinajstić information content (AvgIpc) is 2.36. The van der Waals surface area contributed by atoms with Crippen LogP contribution in [0, 0.1) is 0 Å². The Kier molecular flexibility index (Phi) is 2.95. The fourth-order valence-corrected chi connectivity index (χ4v) is 1.77. The summed E-state index contributed by atoms with van der Waals surface area (Å²) in [4.78, 5) is 0. The van der Waals surface area contributed by atoms with Gasteiger partial charge in [0.05, 0.1) is 0 Å². The molecule has 0 bridgehead atoms. The largest absolute Gasteiger partial charge is 0.0990 e. The molecule has 60 valence electrons. The Balaban J connectivity index is 2.81. The summed E-state index contributed by atoms with van der Waals surface area (Å²) < 4.78 is 0. The van der Waals surface area contributed by atoms with E-state index in [1.807, 2.05) is 6.08 Å². The third-order valence-corrected chi connectivity index (χ3v) is 2.40. The lowest BCUT2D eigenvalue weighted by Crippen LogP contribution is -1.79. The summed E-state index contributed by atoms with van der Waals surface area (Å²) in [5.74, 6) is 0. The number of hydrogen-bond acceptors (Lipinski definition) is 0. The highest BCUT2D eigenvalue weighted by Crippen LogP contribution is 2.32. The van der Waals surface area contributed by atoms with Gasteiger partial charge in [0.1, 0.15) is 0 Å². The van der Waals surface area contributed by atoms with E-state index in [2.05, 4.69) is 13.5 Å². The van der Waals surface area contributed by atoms with Crippen LogP contribution >= 0.6 is 11.6 Å². The van der Waals surface area contributed by atoms with E-state index in [-0.39, 0.29) is 0 Å². The Morgan fingerprint density at radius 1 is 1.55 bits per heavy atom. The Morgan fingerprint density at radius 2 is 2.27 bits per heavy atom. The summed E-state index contributed by atoms with van der Waals surface area (Å²) in [6.07, 6.45) is 7.19. The predicted molar refractivity (Wildman–Crippen MR) is 50.7 cm³/mol. The highest BCUT2D eigenvalue weighted by atomic mass is 35.5. The number of allylic oxidation sites excluding steroid dienone is 5. The molecule has 1 heteroatoms. The second-order valence-electron chi connectivity index (χ2n) is 2.86. The summed E-state index contributed by atoms with van der Waals surface area (Å²) in [6, 6.07) is 0. The lowest BCUT2D eigenvalue weighted by Gasteiger charge is -1.99. The molecular formula is C10H13Cl. The maximum atomic E-state index is 6.01. The van der Waals surface area contributed by atoms with Crippen LogP contribution in [0.2, 0.25) is 0 Å². The molecule has 0 N–H and O–H groups in total. The Morgan fingerprint density at radius 3 is 2.73 bits per heavy atom. The van der Waals surface area contributed by atoms with E-state index >= 15 is 0 Å². The molecule has 1 aliphatic carbocycles. The van der Waals surface area contributed by atoms with Crippen molar-refractivity contribution in [2.45, 2.75) is 26.2 Å². The molecule has 0 spiro atoms. The first kappa shape index (κ1) is 8.61. The van der Waals surface area contributed by atoms with Crippen molar-refractivity contribution in [2.24, 2.45) is 0 Å². The quantitative estimate of drug-likeness (QED) is 0.551. The smallest absolute Gasteiger partial charge is 0.0437 e. The molecule has 0 radical (unpaired) electrons. The van der Waals surface area contributed by atoms with Crippen LogP contribution in [0.5, 0.6) is 0 Å². The van der Waals surface area contributed by atoms with E-state index in [9.17, 15) is 0 Å². The first-order chi connectivity index (χ1) is 5.25. The molecule has 0 amide bonds. The lowest BCUT2D eigenvalue weighted by molar-refractivity contribution is 0.898. The van der Waals surface area contributed by atoms with Gasteiger partial charge in [-0.1, -0.05) is 29.8 Å². The van der Waals surface area contributed by atoms with Gasteiger partial charge in [-0.3, -0.25) is 0 Å². The SMILES string of the molecule is C=C/C=C(/Cl)C1=C(C)CCC1. The van der Waals surface area contributed by atoms with Gasteiger partial charge in [-0.2, -0.15) is 0 Å². The van der Waals surface area contributed by atoms with Crippen molar-refractivity contribution in [3.63, 3.8) is 0 Å². The van der Waals surface area contributed by atoms with Crippen molar-refractivity contribution in [3.8, 4) is 0 Å². The third kappa shape index (κ3) is 1.97. The van der Waals surface area contributed by atoms with Gasteiger partial charge in [0, 0.05) is 5.03 Å². The molecule has 1 rings (SSSR count).